The molecule has 0 aliphatic heterocycles. The van der Waals surface area contributed by atoms with E-state index in [1.165, 1.54) is 12.8 Å². The van der Waals surface area contributed by atoms with Crippen LogP contribution in [0.4, 0.5) is 0 Å². The highest BCUT2D eigenvalue weighted by atomic mass is 16.5. The van der Waals surface area contributed by atoms with Crippen LogP contribution in [0.25, 0.3) is 0 Å². The second-order valence-corrected chi connectivity index (χ2v) is 8.18. The smallest absolute Gasteiger partial charge is 0.338 e. The van der Waals surface area contributed by atoms with Crippen LogP contribution in [-0.4, -0.2) is 24.1 Å². The van der Waals surface area contributed by atoms with Crippen molar-refractivity contribution in [2.45, 2.75) is 77.4 Å². The number of carbonyl (C=O) groups excluding carboxylic acids is 2. The summed E-state index contributed by atoms with van der Waals surface area (Å²) in [4.78, 5) is 24.6. The molecule has 0 N–H and O–H groups in total. The average molecular weight is 358 g/mol. The first kappa shape index (κ1) is 18.9. The molecule has 2 aliphatic carbocycles. The van der Waals surface area contributed by atoms with Crippen LogP contribution in [0.1, 0.15) is 85.9 Å². The summed E-state index contributed by atoms with van der Waals surface area (Å²) in [7, 11) is 0. The zero-order chi connectivity index (χ0) is 18.5. The van der Waals surface area contributed by atoms with Crippen molar-refractivity contribution in [1.82, 2.24) is 0 Å². The van der Waals surface area contributed by atoms with E-state index in [0.29, 0.717) is 23.0 Å². The Balaban J connectivity index is 1.53. The normalized spacial score (nSPS) is 29.0. The molecular weight excluding hydrogens is 328 g/mol. The SMILES string of the molecule is CC1CCCC(OC(=O)c2ccc(C(=O)OC3CCCC(C)C3)cc2)C1. The molecule has 0 bridgehead atoms. The lowest BCUT2D eigenvalue weighted by molar-refractivity contribution is 0.0140. The van der Waals surface area contributed by atoms with E-state index in [4.69, 9.17) is 9.47 Å². The van der Waals surface area contributed by atoms with Gasteiger partial charge in [0.2, 0.25) is 0 Å². The van der Waals surface area contributed by atoms with Crippen LogP contribution in [-0.2, 0) is 9.47 Å². The summed E-state index contributed by atoms with van der Waals surface area (Å²) in [6, 6.07) is 6.65. The van der Waals surface area contributed by atoms with Crippen molar-refractivity contribution in [2.75, 3.05) is 0 Å². The highest BCUT2D eigenvalue weighted by Crippen LogP contribution is 2.27. The highest BCUT2D eigenvalue weighted by Gasteiger charge is 2.24. The molecule has 3 rings (SSSR count). The van der Waals surface area contributed by atoms with Crippen molar-refractivity contribution in [3.8, 4) is 0 Å². The first-order valence-corrected chi connectivity index (χ1v) is 10.0. The molecule has 4 unspecified atom stereocenters. The number of carbonyl (C=O) groups is 2. The third-order valence-corrected chi connectivity index (χ3v) is 5.68. The van der Waals surface area contributed by atoms with Gasteiger partial charge in [0.05, 0.1) is 11.1 Å². The molecule has 0 amide bonds. The number of hydrogen-bond donors (Lipinski definition) is 0. The van der Waals surface area contributed by atoms with E-state index >= 15 is 0 Å². The van der Waals surface area contributed by atoms with E-state index in [-0.39, 0.29) is 24.1 Å². The predicted molar refractivity (Wildman–Crippen MR) is 100 cm³/mol. The van der Waals surface area contributed by atoms with Gasteiger partial charge in [0, 0.05) is 0 Å². The predicted octanol–water partition coefficient (Wildman–Crippen LogP) is 5.16. The molecule has 4 nitrogen and oxygen atoms in total. The van der Waals surface area contributed by atoms with Gasteiger partial charge in [-0.1, -0.05) is 26.7 Å². The molecule has 26 heavy (non-hydrogen) atoms. The van der Waals surface area contributed by atoms with Gasteiger partial charge in [0.15, 0.2) is 0 Å². The molecule has 0 radical (unpaired) electrons. The number of ether oxygens (including phenoxy) is 2. The number of rotatable bonds is 4. The van der Waals surface area contributed by atoms with Crippen molar-refractivity contribution in [1.29, 1.82) is 0 Å². The van der Waals surface area contributed by atoms with Gasteiger partial charge >= 0.3 is 11.9 Å². The van der Waals surface area contributed by atoms with E-state index in [2.05, 4.69) is 13.8 Å². The maximum absolute atomic E-state index is 12.3. The van der Waals surface area contributed by atoms with Crippen molar-refractivity contribution < 1.29 is 19.1 Å². The summed E-state index contributed by atoms with van der Waals surface area (Å²) < 4.78 is 11.3. The zero-order valence-electron chi connectivity index (χ0n) is 15.9. The van der Waals surface area contributed by atoms with E-state index in [9.17, 15) is 9.59 Å². The summed E-state index contributed by atoms with van der Waals surface area (Å²) in [5.74, 6) is 0.623. The first-order chi connectivity index (χ1) is 12.5. The molecule has 2 fully saturated rings. The fourth-order valence-corrected chi connectivity index (χ4v) is 4.15. The van der Waals surface area contributed by atoms with Crippen molar-refractivity contribution >= 4 is 11.9 Å². The molecule has 0 saturated heterocycles. The summed E-state index contributed by atoms with van der Waals surface area (Å²) in [5.41, 5.74) is 0.983. The standard InChI is InChI=1S/C22H30O4/c1-15-5-3-7-19(13-15)25-21(23)17-9-11-18(12-10-17)22(24)26-20-8-4-6-16(2)14-20/h9-12,15-16,19-20H,3-8,13-14H2,1-2H3. The quantitative estimate of drug-likeness (QED) is 0.698. The first-order valence-electron chi connectivity index (χ1n) is 10.0. The lowest BCUT2D eigenvalue weighted by Gasteiger charge is -2.26. The Labute approximate surface area is 156 Å². The number of esters is 2. The molecule has 1 aromatic rings. The summed E-state index contributed by atoms with van der Waals surface area (Å²) in [6.07, 6.45) is 8.46. The molecule has 0 aromatic heterocycles. The lowest BCUT2D eigenvalue weighted by Crippen LogP contribution is -2.25. The fourth-order valence-electron chi connectivity index (χ4n) is 4.15. The van der Waals surface area contributed by atoms with E-state index in [1.807, 2.05) is 0 Å². The van der Waals surface area contributed by atoms with Crippen molar-refractivity contribution in [2.24, 2.45) is 11.8 Å². The Kier molecular flexibility index (Phi) is 6.33. The average Bonchev–Trinajstić information content (AvgIpc) is 2.62. The second kappa shape index (κ2) is 8.70. The molecule has 1 aromatic carbocycles. The number of benzene rings is 1. The van der Waals surface area contributed by atoms with Gasteiger partial charge < -0.3 is 9.47 Å². The minimum absolute atomic E-state index is 0.0178. The molecule has 2 aliphatic rings. The molecular formula is C22H30O4. The van der Waals surface area contributed by atoms with Crippen LogP contribution in [0.3, 0.4) is 0 Å². The van der Waals surface area contributed by atoms with Crippen LogP contribution in [0, 0.1) is 11.8 Å². The summed E-state index contributed by atoms with van der Waals surface area (Å²) in [6.45, 7) is 4.40. The van der Waals surface area contributed by atoms with Crippen LogP contribution < -0.4 is 0 Å². The number of hydrogen-bond acceptors (Lipinski definition) is 4. The summed E-state index contributed by atoms with van der Waals surface area (Å²) >= 11 is 0. The van der Waals surface area contributed by atoms with Crippen molar-refractivity contribution in [3.63, 3.8) is 0 Å². The largest absolute Gasteiger partial charge is 0.459 e. The zero-order valence-corrected chi connectivity index (χ0v) is 15.9. The van der Waals surface area contributed by atoms with E-state index < -0.39 is 0 Å². The molecule has 4 atom stereocenters. The van der Waals surface area contributed by atoms with Crippen LogP contribution in [0.5, 0.6) is 0 Å². The summed E-state index contributed by atoms with van der Waals surface area (Å²) in [5, 5.41) is 0. The van der Waals surface area contributed by atoms with E-state index in [1.54, 1.807) is 24.3 Å². The van der Waals surface area contributed by atoms with E-state index in [0.717, 1.165) is 38.5 Å². The molecule has 0 spiro atoms. The van der Waals surface area contributed by atoms with Gasteiger partial charge in [-0.05, 0) is 74.6 Å². The van der Waals surface area contributed by atoms with Gasteiger partial charge in [-0.3, -0.25) is 0 Å². The Hall–Kier alpha value is -1.84. The molecule has 142 valence electrons. The Morgan fingerprint density at radius 1 is 0.731 bits per heavy atom. The Morgan fingerprint density at radius 2 is 1.12 bits per heavy atom. The van der Waals surface area contributed by atoms with Gasteiger partial charge in [-0.25, -0.2) is 9.59 Å². The lowest BCUT2D eigenvalue weighted by atomic mass is 9.88. The van der Waals surface area contributed by atoms with Crippen molar-refractivity contribution in [3.05, 3.63) is 35.4 Å². The third kappa shape index (κ3) is 5.09. The van der Waals surface area contributed by atoms with Crippen LogP contribution in [0.15, 0.2) is 24.3 Å². The topological polar surface area (TPSA) is 52.6 Å². The third-order valence-electron chi connectivity index (χ3n) is 5.68. The molecule has 0 heterocycles. The maximum atomic E-state index is 12.3. The van der Waals surface area contributed by atoms with Gasteiger partial charge in [-0.2, -0.15) is 0 Å². The Bertz CT molecular complexity index is 567. The molecule has 2 saturated carbocycles. The van der Waals surface area contributed by atoms with Crippen LogP contribution in [0.2, 0.25) is 0 Å². The monoisotopic (exact) mass is 358 g/mol. The second-order valence-electron chi connectivity index (χ2n) is 8.18. The maximum Gasteiger partial charge on any atom is 0.338 e. The Morgan fingerprint density at radius 3 is 1.46 bits per heavy atom. The molecule has 4 heteroatoms. The van der Waals surface area contributed by atoms with Crippen LogP contribution >= 0.6 is 0 Å². The van der Waals surface area contributed by atoms with Gasteiger partial charge in [-0.15, -0.1) is 0 Å². The van der Waals surface area contributed by atoms with Gasteiger partial charge in [0.25, 0.3) is 0 Å². The highest BCUT2D eigenvalue weighted by molar-refractivity contribution is 5.93. The fraction of sp³-hybridized carbons (Fsp3) is 0.636. The van der Waals surface area contributed by atoms with Gasteiger partial charge in [0.1, 0.15) is 12.2 Å². The minimum Gasteiger partial charge on any atom is -0.459 e. The minimum atomic E-state index is -0.301.